The van der Waals surface area contributed by atoms with Crippen molar-refractivity contribution < 1.29 is 4.74 Å². The Morgan fingerprint density at radius 3 is 2.58 bits per heavy atom. The van der Waals surface area contributed by atoms with Crippen LogP contribution in [0, 0.1) is 0 Å². The lowest BCUT2D eigenvalue weighted by atomic mass is 10.2. The van der Waals surface area contributed by atoms with Crippen LogP contribution in [0.3, 0.4) is 0 Å². The zero-order valence-corrected chi connectivity index (χ0v) is 15.1. The average molecular weight is 347 g/mol. The predicted octanol–water partition coefficient (Wildman–Crippen LogP) is 3.83. The summed E-state index contributed by atoms with van der Waals surface area (Å²) in [5.74, 6) is 0.907. The van der Waals surface area contributed by atoms with Gasteiger partial charge in [0.15, 0.2) is 0 Å². The number of hydrogen-bond acceptors (Lipinski definition) is 4. The lowest BCUT2D eigenvalue weighted by Crippen LogP contribution is -2.46. The topological polar surface area (TPSA) is 28.6 Å². The van der Waals surface area contributed by atoms with Crippen molar-refractivity contribution >= 4 is 16.6 Å². The summed E-state index contributed by atoms with van der Waals surface area (Å²) in [6.45, 7) is 6.28. The molecule has 26 heavy (non-hydrogen) atoms. The van der Waals surface area contributed by atoms with Crippen molar-refractivity contribution in [2.24, 2.45) is 0 Å². The van der Waals surface area contributed by atoms with Gasteiger partial charge in [-0.15, -0.1) is 0 Å². The molecule has 134 valence electrons. The van der Waals surface area contributed by atoms with E-state index in [9.17, 15) is 0 Å². The second kappa shape index (κ2) is 8.19. The first-order valence-electron chi connectivity index (χ1n) is 9.38. The van der Waals surface area contributed by atoms with Crippen LogP contribution in [0.2, 0.25) is 0 Å². The number of anilines is 1. The van der Waals surface area contributed by atoms with Crippen LogP contribution in [0.1, 0.15) is 6.42 Å². The Balaban J connectivity index is 1.19. The van der Waals surface area contributed by atoms with Crippen molar-refractivity contribution in [1.82, 2.24) is 9.88 Å². The number of nitrogens with zero attached hydrogens (tertiary/aromatic N) is 3. The number of benzene rings is 2. The first kappa shape index (κ1) is 16.9. The lowest BCUT2D eigenvalue weighted by molar-refractivity contribution is 0.225. The summed E-state index contributed by atoms with van der Waals surface area (Å²) in [4.78, 5) is 9.38. The second-order valence-corrected chi connectivity index (χ2v) is 6.72. The van der Waals surface area contributed by atoms with E-state index >= 15 is 0 Å². The third-order valence-corrected chi connectivity index (χ3v) is 4.96. The van der Waals surface area contributed by atoms with E-state index in [4.69, 9.17) is 4.74 Å². The van der Waals surface area contributed by atoms with E-state index in [1.54, 1.807) is 0 Å². The third-order valence-electron chi connectivity index (χ3n) is 4.96. The zero-order valence-electron chi connectivity index (χ0n) is 15.1. The van der Waals surface area contributed by atoms with Crippen LogP contribution in [-0.2, 0) is 0 Å². The first-order chi connectivity index (χ1) is 12.9. The van der Waals surface area contributed by atoms with Gasteiger partial charge in [-0.25, -0.2) is 0 Å². The van der Waals surface area contributed by atoms with Crippen molar-refractivity contribution in [3.63, 3.8) is 0 Å². The largest absolute Gasteiger partial charge is 0.493 e. The molecule has 1 aromatic heterocycles. The summed E-state index contributed by atoms with van der Waals surface area (Å²) in [6.07, 6.45) is 2.87. The number of pyridine rings is 1. The Morgan fingerprint density at radius 2 is 1.73 bits per heavy atom. The quantitative estimate of drug-likeness (QED) is 0.634. The molecular weight excluding hydrogens is 322 g/mol. The Hall–Kier alpha value is -2.59. The fourth-order valence-electron chi connectivity index (χ4n) is 3.48. The highest BCUT2D eigenvalue weighted by Gasteiger charge is 2.16. The maximum Gasteiger partial charge on any atom is 0.121 e. The molecule has 0 atom stereocenters. The molecule has 0 unspecified atom stereocenters. The molecule has 2 aromatic carbocycles. The zero-order chi connectivity index (χ0) is 17.6. The maximum absolute atomic E-state index is 5.92. The highest BCUT2D eigenvalue weighted by molar-refractivity contribution is 5.79. The number of rotatable bonds is 6. The highest BCUT2D eigenvalue weighted by atomic mass is 16.5. The molecule has 0 bridgehead atoms. The van der Waals surface area contributed by atoms with Crippen LogP contribution >= 0.6 is 0 Å². The minimum absolute atomic E-state index is 0.747. The van der Waals surface area contributed by atoms with Gasteiger partial charge in [0.05, 0.1) is 12.1 Å². The van der Waals surface area contributed by atoms with Gasteiger partial charge in [0.25, 0.3) is 0 Å². The number of para-hydroxylation sites is 1. The second-order valence-electron chi connectivity index (χ2n) is 6.72. The number of fused-ring (bicyclic) bond motifs is 1. The highest BCUT2D eigenvalue weighted by Crippen LogP contribution is 2.19. The third kappa shape index (κ3) is 4.14. The van der Waals surface area contributed by atoms with Gasteiger partial charge >= 0.3 is 0 Å². The van der Waals surface area contributed by atoms with Crippen molar-refractivity contribution in [2.75, 3.05) is 44.2 Å². The van der Waals surface area contributed by atoms with Gasteiger partial charge in [0.2, 0.25) is 0 Å². The van der Waals surface area contributed by atoms with Crippen LogP contribution in [-0.4, -0.2) is 49.2 Å². The molecule has 0 N–H and O–H groups in total. The fraction of sp³-hybridized carbons (Fsp3) is 0.318. The number of piperazine rings is 1. The van der Waals surface area contributed by atoms with Crippen molar-refractivity contribution in [2.45, 2.75) is 6.42 Å². The van der Waals surface area contributed by atoms with Gasteiger partial charge in [-0.1, -0.05) is 24.3 Å². The Bertz CT molecular complexity index is 829. The molecule has 4 heteroatoms. The molecule has 0 spiro atoms. The number of ether oxygens (including phenoxy) is 1. The van der Waals surface area contributed by atoms with E-state index in [0.29, 0.717) is 0 Å². The summed E-state index contributed by atoms with van der Waals surface area (Å²) >= 11 is 0. The molecule has 0 saturated carbocycles. The monoisotopic (exact) mass is 347 g/mol. The normalized spacial score (nSPS) is 15.3. The van der Waals surface area contributed by atoms with Crippen LogP contribution in [0.15, 0.2) is 66.9 Å². The number of aromatic nitrogens is 1. The summed E-state index contributed by atoms with van der Waals surface area (Å²) in [5.41, 5.74) is 2.32. The molecule has 0 radical (unpaired) electrons. The average Bonchev–Trinajstić information content (AvgIpc) is 2.72. The molecule has 1 aliphatic rings. The molecular formula is C22H25N3O. The molecule has 0 amide bonds. The summed E-state index contributed by atoms with van der Waals surface area (Å²) in [5, 5.41) is 1.15. The molecule has 0 aliphatic carbocycles. The molecule has 1 aliphatic heterocycles. The van der Waals surface area contributed by atoms with E-state index in [0.717, 1.165) is 62.4 Å². The van der Waals surface area contributed by atoms with Gasteiger partial charge < -0.3 is 9.64 Å². The van der Waals surface area contributed by atoms with Gasteiger partial charge in [0, 0.05) is 56.1 Å². The smallest absolute Gasteiger partial charge is 0.121 e. The van der Waals surface area contributed by atoms with E-state index < -0.39 is 0 Å². The fourth-order valence-corrected chi connectivity index (χ4v) is 3.48. The van der Waals surface area contributed by atoms with Crippen molar-refractivity contribution in [3.8, 4) is 5.75 Å². The Morgan fingerprint density at radius 1 is 0.885 bits per heavy atom. The van der Waals surface area contributed by atoms with Crippen molar-refractivity contribution in [3.05, 3.63) is 66.9 Å². The SMILES string of the molecule is c1ccc(N2CCN(CCCOc3ccc4cccnc4c3)CC2)cc1. The van der Waals surface area contributed by atoms with Gasteiger partial charge in [-0.2, -0.15) is 0 Å². The molecule has 1 saturated heterocycles. The molecule has 2 heterocycles. The summed E-state index contributed by atoms with van der Waals surface area (Å²) in [7, 11) is 0. The van der Waals surface area contributed by atoms with Gasteiger partial charge in [0.1, 0.15) is 5.75 Å². The van der Waals surface area contributed by atoms with Gasteiger partial charge in [-0.3, -0.25) is 9.88 Å². The van der Waals surface area contributed by atoms with Crippen LogP contribution < -0.4 is 9.64 Å². The minimum atomic E-state index is 0.747. The van der Waals surface area contributed by atoms with Gasteiger partial charge in [-0.05, 0) is 36.8 Å². The van der Waals surface area contributed by atoms with E-state index in [1.165, 1.54) is 5.69 Å². The van der Waals surface area contributed by atoms with E-state index in [2.05, 4.69) is 57.2 Å². The van der Waals surface area contributed by atoms with Crippen LogP contribution in [0.25, 0.3) is 10.9 Å². The van der Waals surface area contributed by atoms with Crippen molar-refractivity contribution in [1.29, 1.82) is 0 Å². The molecule has 4 nitrogen and oxygen atoms in total. The molecule has 1 fully saturated rings. The van der Waals surface area contributed by atoms with E-state index in [-0.39, 0.29) is 0 Å². The summed E-state index contributed by atoms with van der Waals surface area (Å²) in [6, 6.07) is 20.8. The van der Waals surface area contributed by atoms with Crippen LogP contribution in [0.4, 0.5) is 5.69 Å². The first-order valence-corrected chi connectivity index (χ1v) is 9.38. The lowest BCUT2D eigenvalue weighted by Gasteiger charge is -2.36. The molecule has 3 aromatic rings. The van der Waals surface area contributed by atoms with E-state index in [1.807, 2.05) is 24.4 Å². The van der Waals surface area contributed by atoms with Crippen LogP contribution in [0.5, 0.6) is 5.75 Å². The summed E-state index contributed by atoms with van der Waals surface area (Å²) < 4.78 is 5.92. The number of hydrogen-bond donors (Lipinski definition) is 0. The molecule has 4 rings (SSSR count). The predicted molar refractivity (Wildman–Crippen MR) is 107 cm³/mol. The standard InChI is InChI=1S/C22H25N3O/c1-2-7-20(8-3-1)25-15-13-24(14-16-25)12-5-17-26-21-10-9-19-6-4-11-23-22(19)18-21/h1-4,6-11,18H,5,12-17H2. The maximum atomic E-state index is 5.92. The Labute approximate surface area is 155 Å². The Kier molecular flexibility index (Phi) is 5.31. The minimum Gasteiger partial charge on any atom is -0.493 e.